The molecule has 1 N–H and O–H groups in total. The number of oxazole rings is 1. The predicted octanol–water partition coefficient (Wildman–Crippen LogP) is 3.50. The van der Waals surface area contributed by atoms with Gasteiger partial charge < -0.3 is 9.73 Å². The van der Waals surface area contributed by atoms with E-state index in [0.29, 0.717) is 11.1 Å². The number of carbonyl (C=O) groups is 1. The third kappa shape index (κ3) is 2.33. The number of nitrogens with one attached hydrogen (secondary N) is 1. The Labute approximate surface area is 116 Å². The molecule has 21 heavy (non-hydrogen) atoms. The van der Waals surface area contributed by atoms with Crippen LogP contribution in [0.2, 0.25) is 0 Å². The Bertz CT molecular complexity index is 845. The van der Waals surface area contributed by atoms with Crippen molar-refractivity contribution >= 4 is 22.7 Å². The predicted molar refractivity (Wildman–Crippen MR) is 68.3 cm³/mol. The Kier molecular flexibility index (Phi) is 3.09. The monoisotopic (exact) mass is 292 g/mol. The average Bonchev–Trinajstić information content (AvgIpc) is 2.95. The van der Waals surface area contributed by atoms with Crippen molar-refractivity contribution in [3.63, 3.8) is 0 Å². The lowest BCUT2D eigenvalue weighted by Crippen LogP contribution is -2.13. The van der Waals surface area contributed by atoms with Crippen molar-refractivity contribution in [2.24, 2.45) is 0 Å². The number of fused-ring (bicyclic) bond motifs is 1. The smallest absolute Gasteiger partial charge is 0.255 e. The second-order valence-corrected chi connectivity index (χ2v) is 4.21. The molecule has 3 rings (SSSR count). The van der Waals surface area contributed by atoms with E-state index in [4.69, 9.17) is 4.42 Å². The van der Waals surface area contributed by atoms with Crippen LogP contribution in [0.1, 0.15) is 10.4 Å². The third-order valence-electron chi connectivity index (χ3n) is 2.88. The summed E-state index contributed by atoms with van der Waals surface area (Å²) in [6.07, 6.45) is 1.22. The van der Waals surface area contributed by atoms with Crippen molar-refractivity contribution < 1.29 is 22.4 Å². The van der Waals surface area contributed by atoms with Gasteiger partial charge in [-0.05, 0) is 30.3 Å². The fourth-order valence-corrected chi connectivity index (χ4v) is 1.82. The van der Waals surface area contributed by atoms with Crippen LogP contribution in [0.5, 0.6) is 0 Å². The molecular weight excluding hydrogens is 285 g/mol. The number of rotatable bonds is 2. The van der Waals surface area contributed by atoms with Crippen LogP contribution in [-0.2, 0) is 0 Å². The van der Waals surface area contributed by atoms with Crippen molar-refractivity contribution in [1.29, 1.82) is 0 Å². The van der Waals surface area contributed by atoms with Crippen molar-refractivity contribution in [3.05, 3.63) is 59.7 Å². The van der Waals surface area contributed by atoms with Gasteiger partial charge in [0.25, 0.3) is 5.91 Å². The SMILES string of the molecule is O=C(Nc1ccc(F)c(F)c1F)c1ccc2ocnc2c1. The Morgan fingerprint density at radius 3 is 2.71 bits per heavy atom. The first-order chi connectivity index (χ1) is 10.1. The maximum Gasteiger partial charge on any atom is 0.255 e. The molecule has 0 aliphatic carbocycles. The topological polar surface area (TPSA) is 55.1 Å². The number of benzene rings is 2. The number of hydrogen-bond acceptors (Lipinski definition) is 3. The van der Waals surface area contributed by atoms with E-state index in [9.17, 15) is 18.0 Å². The van der Waals surface area contributed by atoms with Gasteiger partial charge in [-0.25, -0.2) is 18.2 Å². The van der Waals surface area contributed by atoms with Crippen LogP contribution in [-0.4, -0.2) is 10.9 Å². The van der Waals surface area contributed by atoms with Crippen LogP contribution < -0.4 is 5.32 Å². The zero-order valence-electron chi connectivity index (χ0n) is 10.4. The molecule has 0 fully saturated rings. The van der Waals surface area contributed by atoms with E-state index in [-0.39, 0.29) is 5.56 Å². The van der Waals surface area contributed by atoms with E-state index in [1.54, 1.807) is 0 Å². The molecule has 106 valence electrons. The van der Waals surface area contributed by atoms with E-state index in [2.05, 4.69) is 10.3 Å². The van der Waals surface area contributed by atoms with Gasteiger partial charge in [0, 0.05) is 5.56 Å². The maximum atomic E-state index is 13.5. The van der Waals surface area contributed by atoms with Crippen LogP contribution in [0.25, 0.3) is 11.1 Å². The highest BCUT2D eigenvalue weighted by molar-refractivity contribution is 6.05. The highest BCUT2D eigenvalue weighted by Crippen LogP contribution is 2.21. The second-order valence-electron chi connectivity index (χ2n) is 4.21. The molecule has 0 saturated carbocycles. The minimum Gasteiger partial charge on any atom is -0.443 e. The van der Waals surface area contributed by atoms with Gasteiger partial charge in [-0.1, -0.05) is 0 Å². The molecule has 0 spiro atoms. The van der Waals surface area contributed by atoms with Crippen LogP contribution in [0.3, 0.4) is 0 Å². The van der Waals surface area contributed by atoms with Crippen molar-refractivity contribution in [3.8, 4) is 0 Å². The number of hydrogen-bond donors (Lipinski definition) is 1. The third-order valence-corrected chi connectivity index (χ3v) is 2.88. The quantitative estimate of drug-likeness (QED) is 0.735. The molecule has 1 amide bonds. The molecule has 0 radical (unpaired) electrons. The summed E-state index contributed by atoms with van der Waals surface area (Å²) in [7, 11) is 0. The van der Waals surface area contributed by atoms with E-state index in [0.717, 1.165) is 12.1 Å². The highest BCUT2D eigenvalue weighted by atomic mass is 19.2. The largest absolute Gasteiger partial charge is 0.443 e. The fourth-order valence-electron chi connectivity index (χ4n) is 1.82. The van der Waals surface area contributed by atoms with Crippen LogP contribution in [0, 0.1) is 17.5 Å². The number of anilines is 1. The summed E-state index contributed by atoms with van der Waals surface area (Å²) < 4.78 is 44.4. The molecule has 0 atom stereocenters. The van der Waals surface area contributed by atoms with Gasteiger partial charge in [0.1, 0.15) is 5.52 Å². The maximum absolute atomic E-state index is 13.5. The van der Waals surface area contributed by atoms with Gasteiger partial charge in [-0.15, -0.1) is 0 Å². The Balaban J connectivity index is 1.91. The van der Waals surface area contributed by atoms with Gasteiger partial charge in [0.05, 0.1) is 5.69 Å². The van der Waals surface area contributed by atoms with Crippen LogP contribution in [0.15, 0.2) is 41.1 Å². The van der Waals surface area contributed by atoms with Gasteiger partial charge in [0.2, 0.25) is 0 Å². The summed E-state index contributed by atoms with van der Waals surface area (Å²) >= 11 is 0. The number of carbonyl (C=O) groups excluding carboxylic acids is 1. The molecule has 0 bridgehead atoms. The van der Waals surface area contributed by atoms with Gasteiger partial charge in [0.15, 0.2) is 29.4 Å². The lowest BCUT2D eigenvalue weighted by Gasteiger charge is -2.07. The Hall–Kier alpha value is -2.83. The summed E-state index contributed by atoms with van der Waals surface area (Å²) in [6.45, 7) is 0. The summed E-state index contributed by atoms with van der Waals surface area (Å²) in [5, 5.41) is 2.17. The molecule has 2 aromatic carbocycles. The van der Waals surface area contributed by atoms with Gasteiger partial charge in [-0.2, -0.15) is 0 Å². The molecule has 0 aliphatic heterocycles. The molecule has 0 aliphatic rings. The molecule has 3 aromatic rings. The van der Waals surface area contributed by atoms with Crippen molar-refractivity contribution in [2.45, 2.75) is 0 Å². The van der Waals surface area contributed by atoms with E-state index < -0.39 is 29.0 Å². The number of amides is 1. The lowest BCUT2D eigenvalue weighted by molar-refractivity contribution is 0.102. The molecule has 4 nitrogen and oxygen atoms in total. The first kappa shape index (κ1) is 13.2. The molecule has 0 unspecified atom stereocenters. The number of aromatic nitrogens is 1. The normalized spacial score (nSPS) is 10.8. The average molecular weight is 292 g/mol. The number of halogens is 3. The van der Waals surface area contributed by atoms with Crippen LogP contribution in [0.4, 0.5) is 18.9 Å². The second kappa shape index (κ2) is 4.93. The zero-order chi connectivity index (χ0) is 15.0. The molecule has 0 saturated heterocycles. The van der Waals surface area contributed by atoms with Gasteiger partial charge in [-0.3, -0.25) is 4.79 Å². The van der Waals surface area contributed by atoms with Gasteiger partial charge >= 0.3 is 0 Å². The van der Waals surface area contributed by atoms with E-state index in [1.807, 2.05) is 0 Å². The number of nitrogens with zero attached hydrogens (tertiary/aromatic N) is 1. The minimum absolute atomic E-state index is 0.181. The first-order valence-electron chi connectivity index (χ1n) is 5.84. The van der Waals surface area contributed by atoms with Crippen molar-refractivity contribution in [1.82, 2.24) is 4.98 Å². The summed E-state index contributed by atoms with van der Waals surface area (Å²) in [5.41, 5.74) is 0.679. The molecule has 1 heterocycles. The standard InChI is InChI=1S/C14H7F3N2O2/c15-8-2-3-9(13(17)12(8)16)19-14(20)7-1-4-11-10(5-7)18-6-21-11/h1-6H,(H,19,20). The van der Waals surface area contributed by atoms with Crippen molar-refractivity contribution in [2.75, 3.05) is 5.32 Å². The minimum atomic E-state index is -1.64. The molecular formula is C14H7F3N2O2. The van der Waals surface area contributed by atoms with E-state index in [1.165, 1.54) is 24.6 Å². The summed E-state index contributed by atoms with van der Waals surface area (Å²) in [5.74, 6) is -5.09. The summed E-state index contributed by atoms with van der Waals surface area (Å²) in [4.78, 5) is 15.9. The Morgan fingerprint density at radius 2 is 1.90 bits per heavy atom. The molecule has 7 heteroatoms. The lowest BCUT2D eigenvalue weighted by atomic mass is 10.2. The zero-order valence-corrected chi connectivity index (χ0v) is 10.4. The van der Waals surface area contributed by atoms with E-state index >= 15 is 0 Å². The fraction of sp³-hybridized carbons (Fsp3) is 0. The highest BCUT2D eigenvalue weighted by Gasteiger charge is 2.16. The van der Waals surface area contributed by atoms with Crippen LogP contribution >= 0.6 is 0 Å². The first-order valence-corrected chi connectivity index (χ1v) is 5.84. The summed E-state index contributed by atoms with van der Waals surface area (Å²) in [6, 6.07) is 6.08. The Morgan fingerprint density at radius 1 is 1.10 bits per heavy atom. The molecule has 1 aromatic heterocycles.